The molecule has 11 heteroatoms. The molecule has 1 aliphatic rings. The van der Waals surface area contributed by atoms with Crippen LogP contribution < -0.4 is 14.8 Å². The van der Waals surface area contributed by atoms with Gasteiger partial charge in [-0.3, -0.25) is 4.79 Å². The van der Waals surface area contributed by atoms with Crippen molar-refractivity contribution >= 4 is 23.0 Å². The molecule has 1 unspecified atom stereocenters. The van der Waals surface area contributed by atoms with Crippen LogP contribution in [0, 0.1) is 5.92 Å². The van der Waals surface area contributed by atoms with Crippen LogP contribution in [0.2, 0.25) is 0 Å². The SMILES string of the molecule is O=C(NC(CC1CCC1)B(O)O)[C@H](Cc1ccccc1)NS(=O)(=O)c1ccc(Oc2ccccc2)nc1. The Morgan fingerprint density at radius 1 is 1.03 bits per heavy atom. The van der Waals surface area contributed by atoms with Crippen molar-refractivity contribution in [3.63, 3.8) is 0 Å². The van der Waals surface area contributed by atoms with Gasteiger partial charge in [0.15, 0.2) is 0 Å². The van der Waals surface area contributed by atoms with Gasteiger partial charge in [-0.1, -0.05) is 67.8 Å². The summed E-state index contributed by atoms with van der Waals surface area (Å²) in [7, 11) is -5.89. The lowest BCUT2D eigenvalue weighted by atomic mass is 9.69. The highest BCUT2D eigenvalue weighted by atomic mass is 32.2. The molecule has 3 aromatic rings. The summed E-state index contributed by atoms with van der Waals surface area (Å²) in [6.07, 6.45) is 4.67. The molecule has 1 amide bonds. The number of hydrogen-bond donors (Lipinski definition) is 4. The van der Waals surface area contributed by atoms with E-state index in [-0.39, 0.29) is 17.2 Å². The van der Waals surface area contributed by atoms with E-state index in [0.29, 0.717) is 18.1 Å². The van der Waals surface area contributed by atoms with Crippen molar-refractivity contribution in [1.82, 2.24) is 15.0 Å². The lowest BCUT2D eigenvalue weighted by Gasteiger charge is -2.30. The van der Waals surface area contributed by atoms with Crippen LogP contribution in [-0.2, 0) is 21.2 Å². The number of carbonyl (C=O) groups is 1. The van der Waals surface area contributed by atoms with E-state index < -0.39 is 35.0 Å². The van der Waals surface area contributed by atoms with E-state index in [9.17, 15) is 23.3 Å². The van der Waals surface area contributed by atoms with E-state index >= 15 is 0 Å². The number of amides is 1. The Hall–Kier alpha value is -3.25. The maximum Gasteiger partial charge on any atom is 0.475 e. The van der Waals surface area contributed by atoms with E-state index in [1.807, 2.05) is 24.3 Å². The van der Waals surface area contributed by atoms with Crippen molar-refractivity contribution in [2.75, 3.05) is 0 Å². The molecule has 1 fully saturated rings. The summed E-state index contributed by atoms with van der Waals surface area (Å²) < 4.78 is 34.5. The minimum Gasteiger partial charge on any atom is -0.439 e. The summed E-state index contributed by atoms with van der Waals surface area (Å²) in [5, 5.41) is 22.3. The summed E-state index contributed by atoms with van der Waals surface area (Å²) in [6.45, 7) is 0. The van der Waals surface area contributed by atoms with Crippen molar-refractivity contribution in [1.29, 1.82) is 0 Å². The minimum atomic E-state index is -4.14. The van der Waals surface area contributed by atoms with Crippen LogP contribution in [0.15, 0.2) is 83.9 Å². The fraction of sp³-hybridized carbons (Fsp3) is 0.308. The largest absolute Gasteiger partial charge is 0.475 e. The second-order valence-electron chi connectivity index (χ2n) is 9.17. The lowest BCUT2D eigenvalue weighted by molar-refractivity contribution is -0.123. The van der Waals surface area contributed by atoms with E-state index in [0.717, 1.165) is 31.0 Å². The molecule has 37 heavy (non-hydrogen) atoms. The van der Waals surface area contributed by atoms with Gasteiger partial charge in [-0.25, -0.2) is 13.4 Å². The fourth-order valence-corrected chi connectivity index (χ4v) is 5.25. The molecule has 1 aliphatic carbocycles. The molecule has 0 spiro atoms. The van der Waals surface area contributed by atoms with Crippen molar-refractivity contribution in [2.24, 2.45) is 5.92 Å². The maximum atomic E-state index is 13.2. The van der Waals surface area contributed by atoms with E-state index in [1.54, 1.807) is 36.4 Å². The highest BCUT2D eigenvalue weighted by molar-refractivity contribution is 7.89. The molecular formula is C26H30BN3O6S. The highest BCUT2D eigenvalue weighted by Crippen LogP contribution is 2.30. The van der Waals surface area contributed by atoms with Crippen LogP contribution in [0.5, 0.6) is 11.6 Å². The number of nitrogens with zero attached hydrogens (tertiary/aromatic N) is 1. The highest BCUT2D eigenvalue weighted by Gasteiger charge is 2.34. The maximum absolute atomic E-state index is 13.2. The van der Waals surface area contributed by atoms with Gasteiger partial charge in [-0.2, -0.15) is 4.72 Å². The van der Waals surface area contributed by atoms with Gasteiger partial charge in [-0.15, -0.1) is 0 Å². The number of aromatic nitrogens is 1. The Labute approximate surface area is 217 Å². The predicted molar refractivity (Wildman–Crippen MR) is 139 cm³/mol. The Kier molecular flexibility index (Phi) is 8.93. The monoisotopic (exact) mass is 523 g/mol. The minimum absolute atomic E-state index is 0.0756. The van der Waals surface area contributed by atoms with Gasteiger partial charge < -0.3 is 20.1 Å². The Balaban J connectivity index is 1.49. The molecule has 0 bridgehead atoms. The van der Waals surface area contributed by atoms with Crippen LogP contribution in [0.1, 0.15) is 31.2 Å². The quantitative estimate of drug-likeness (QED) is 0.268. The normalized spacial score (nSPS) is 15.3. The van der Waals surface area contributed by atoms with Gasteiger partial charge in [-0.05, 0) is 42.5 Å². The summed E-state index contributed by atoms with van der Waals surface area (Å²) in [4.78, 5) is 17.2. The zero-order valence-corrected chi connectivity index (χ0v) is 21.0. The van der Waals surface area contributed by atoms with Crippen molar-refractivity contribution < 1.29 is 28.0 Å². The molecular weight excluding hydrogens is 493 g/mol. The smallest absolute Gasteiger partial charge is 0.439 e. The first-order valence-electron chi connectivity index (χ1n) is 12.2. The summed E-state index contributed by atoms with van der Waals surface area (Å²) in [6, 6.07) is 19.6. The number of para-hydroxylation sites is 1. The van der Waals surface area contributed by atoms with Gasteiger partial charge in [0.25, 0.3) is 0 Å². The predicted octanol–water partition coefficient (Wildman–Crippen LogP) is 2.45. The third-order valence-corrected chi connectivity index (χ3v) is 7.84. The van der Waals surface area contributed by atoms with Gasteiger partial charge >= 0.3 is 7.12 Å². The zero-order valence-electron chi connectivity index (χ0n) is 20.2. The number of hydrogen-bond acceptors (Lipinski definition) is 7. The van der Waals surface area contributed by atoms with Crippen LogP contribution in [-0.4, -0.2) is 48.5 Å². The van der Waals surface area contributed by atoms with Gasteiger partial charge in [0, 0.05) is 6.07 Å². The lowest BCUT2D eigenvalue weighted by Crippen LogP contribution is -2.55. The van der Waals surface area contributed by atoms with Crippen LogP contribution in [0.3, 0.4) is 0 Å². The number of ether oxygens (including phenoxy) is 1. The summed E-state index contributed by atoms with van der Waals surface area (Å²) in [5.41, 5.74) is 0.746. The second-order valence-corrected chi connectivity index (χ2v) is 10.9. The molecule has 1 aromatic heterocycles. The van der Waals surface area contributed by atoms with Crippen molar-refractivity contribution in [3.05, 3.63) is 84.6 Å². The fourth-order valence-electron chi connectivity index (χ4n) is 4.11. The van der Waals surface area contributed by atoms with Crippen LogP contribution in [0.4, 0.5) is 0 Å². The van der Waals surface area contributed by atoms with Crippen LogP contribution >= 0.6 is 0 Å². The summed E-state index contributed by atoms with van der Waals surface area (Å²) in [5.74, 6) is -0.442. The third kappa shape index (κ3) is 7.62. The number of rotatable bonds is 12. The van der Waals surface area contributed by atoms with Crippen LogP contribution in [0.25, 0.3) is 0 Å². The molecule has 2 atom stereocenters. The second kappa shape index (κ2) is 12.3. The average Bonchev–Trinajstić information content (AvgIpc) is 2.86. The molecule has 0 saturated heterocycles. The molecule has 1 saturated carbocycles. The Bertz CT molecular complexity index is 1260. The zero-order chi connectivity index (χ0) is 26.3. The van der Waals surface area contributed by atoms with E-state index in [4.69, 9.17) is 4.74 Å². The van der Waals surface area contributed by atoms with E-state index in [2.05, 4.69) is 15.0 Å². The first kappa shape index (κ1) is 26.8. The number of nitrogens with one attached hydrogen (secondary N) is 2. The first-order valence-corrected chi connectivity index (χ1v) is 13.7. The van der Waals surface area contributed by atoms with Gasteiger partial charge in [0.2, 0.25) is 21.8 Å². The number of pyridine rings is 1. The summed E-state index contributed by atoms with van der Waals surface area (Å²) >= 11 is 0. The molecule has 1 heterocycles. The average molecular weight is 523 g/mol. The first-order chi connectivity index (χ1) is 17.8. The third-order valence-electron chi connectivity index (χ3n) is 6.38. The molecule has 194 valence electrons. The topological polar surface area (TPSA) is 138 Å². The molecule has 9 nitrogen and oxygen atoms in total. The van der Waals surface area contributed by atoms with Gasteiger partial charge in [0.1, 0.15) is 16.7 Å². The molecule has 2 aromatic carbocycles. The standard InChI is InChI=1S/C26H30BN3O6S/c31-26(29-24(27(32)33)17-20-10-7-11-20)23(16-19-8-3-1-4-9-19)30-37(34,35)22-14-15-25(28-18-22)36-21-12-5-2-6-13-21/h1-6,8-9,12-15,18,20,23-24,30,32-33H,7,10-11,16-17H2,(H,29,31)/t23-,24?/m0/s1. The number of carbonyl (C=O) groups excluding carboxylic acids is 1. The molecule has 0 aliphatic heterocycles. The number of sulfonamides is 1. The Morgan fingerprint density at radius 2 is 1.70 bits per heavy atom. The Morgan fingerprint density at radius 3 is 2.27 bits per heavy atom. The number of benzene rings is 2. The van der Waals surface area contributed by atoms with Gasteiger partial charge in [0.05, 0.1) is 12.1 Å². The van der Waals surface area contributed by atoms with E-state index in [1.165, 1.54) is 12.1 Å². The molecule has 0 radical (unpaired) electrons. The van der Waals surface area contributed by atoms with Crippen molar-refractivity contribution in [2.45, 2.75) is 49.0 Å². The molecule has 4 rings (SSSR count). The van der Waals surface area contributed by atoms with Crippen molar-refractivity contribution in [3.8, 4) is 11.6 Å². The molecule has 4 N–H and O–H groups in total.